The molecule has 0 unspecified atom stereocenters. The van der Waals surface area contributed by atoms with Gasteiger partial charge in [-0.2, -0.15) is 0 Å². The number of carbonyl (C=O) groups excluding carboxylic acids is 2. The lowest BCUT2D eigenvalue weighted by Crippen LogP contribution is -2.28. The quantitative estimate of drug-likeness (QED) is 0.672. The van der Waals surface area contributed by atoms with E-state index in [1.807, 2.05) is 49.4 Å². The van der Waals surface area contributed by atoms with Gasteiger partial charge in [-0.05, 0) is 53.2 Å². The standard InChI is InChI=1S/C19H16BrN3O2S/c1-11-21-15-7-6-13(9-17(15)26-11)22-19(25)12-8-18(24)23(10-12)16-5-3-2-4-14(16)20/h2-7,9,12H,8,10H2,1H3,(H,22,25)/t12-/m0/s1. The first-order valence-corrected chi connectivity index (χ1v) is 9.85. The van der Waals surface area contributed by atoms with Crippen molar-refractivity contribution in [3.8, 4) is 0 Å². The van der Waals surface area contributed by atoms with Crippen molar-refractivity contribution >= 4 is 60.7 Å². The van der Waals surface area contributed by atoms with Crippen LogP contribution in [0, 0.1) is 12.8 Å². The van der Waals surface area contributed by atoms with E-state index >= 15 is 0 Å². The summed E-state index contributed by atoms with van der Waals surface area (Å²) in [6.07, 6.45) is 0.217. The van der Waals surface area contributed by atoms with Gasteiger partial charge >= 0.3 is 0 Å². The summed E-state index contributed by atoms with van der Waals surface area (Å²) in [6.45, 7) is 2.35. The van der Waals surface area contributed by atoms with E-state index in [4.69, 9.17) is 0 Å². The van der Waals surface area contributed by atoms with Crippen molar-refractivity contribution < 1.29 is 9.59 Å². The fourth-order valence-electron chi connectivity index (χ4n) is 3.15. The van der Waals surface area contributed by atoms with Gasteiger partial charge in [-0.3, -0.25) is 9.59 Å². The smallest absolute Gasteiger partial charge is 0.229 e. The number of anilines is 2. The van der Waals surface area contributed by atoms with Gasteiger partial charge in [0, 0.05) is 23.1 Å². The second-order valence-corrected chi connectivity index (χ2v) is 8.35. The molecular weight excluding hydrogens is 414 g/mol. The Morgan fingerprint density at radius 2 is 2.12 bits per heavy atom. The maximum Gasteiger partial charge on any atom is 0.229 e. The van der Waals surface area contributed by atoms with Crippen LogP contribution in [-0.2, 0) is 9.59 Å². The number of hydrogen-bond acceptors (Lipinski definition) is 4. The number of nitrogens with zero attached hydrogens (tertiary/aromatic N) is 2. The largest absolute Gasteiger partial charge is 0.326 e. The molecule has 7 heteroatoms. The third kappa shape index (κ3) is 3.24. The molecule has 5 nitrogen and oxygen atoms in total. The molecule has 1 atom stereocenters. The molecule has 1 fully saturated rings. The van der Waals surface area contributed by atoms with Gasteiger partial charge in [-0.25, -0.2) is 4.98 Å². The second-order valence-electron chi connectivity index (χ2n) is 6.26. The predicted molar refractivity (Wildman–Crippen MR) is 108 cm³/mol. The van der Waals surface area contributed by atoms with Gasteiger partial charge < -0.3 is 10.2 Å². The summed E-state index contributed by atoms with van der Waals surface area (Å²) in [7, 11) is 0. The number of rotatable bonds is 3. The Bertz CT molecular complexity index is 1020. The van der Waals surface area contributed by atoms with Gasteiger partial charge in [0.1, 0.15) is 0 Å². The van der Waals surface area contributed by atoms with Crippen LogP contribution >= 0.6 is 27.3 Å². The minimum Gasteiger partial charge on any atom is -0.326 e. The zero-order valence-corrected chi connectivity index (χ0v) is 16.4. The highest BCUT2D eigenvalue weighted by atomic mass is 79.9. The van der Waals surface area contributed by atoms with Crippen LogP contribution < -0.4 is 10.2 Å². The Balaban J connectivity index is 1.49. The number of nitrogens with one attached hydrogen (secondary N) is 1. The first-order valence-electron chi connectivity index (χ1n) is 8.24. The van der Waals surface area contributed by atoms with E-state index in [0.29, 0.717) is 6.54 Å². The fourth-order valence-corrected chi connectivity index (χ4v) is 4.51. The number of halogens is 1. The Labute approximate surface area is 163 Å². The van der Waals surface area contributed by atoms with Gasteiger partial charge in [-0.1, -0.05) is 12.1 Å². The number of carbonyl (C=O) groups is 2. The average Bonchev–Trinajstić information content (AvgIpc) is 3.17. The molecule has 0 aliphatic carbocycles. The molecule has 4 rings (SSSR count). The molecule has 1 aromatic heterocycles. The van der Waals surface area contributed by atoms with Crippen molar-refractivity contribution in [2.45, 2.75) is 13.3 Å². The van der Waals surface area contributed by atoms with Crippen molar-refractivity contribution in [3.63, 3.8) is 0 Å². The normalized spacial score (nSPS) is 17.1. The van der Waals surface area contributed by atoms with E-state index in [0.717, 1.165) is 31.1 Å². The molecule has 0 radical (unpaired) electrons. The van der Waals surface area contributed by atoms with Gasteiger partial charge in [-0.15, -0.1) is 11.3 Å². The van der Waals surface area contributed by atoms with E-state index in [1.165, 1.54) is 0 Å². The van der Waals surface area contributed by atoms with E-state index in [9.17, 15) is 9.59 Å². The van der Waals surface area contributed by atoms with Crippen molar-refractivity contribution in [1.29, 1.82) is 0 Å². The molecule has 2 aromatic carbocycles. The number of aromatic nitrogens is 1. The molecule has 3 aromatic rings. The van der Waals surface area contributed by atoms with Gasteiger partial charge in [0.05, 0.1) is 26.8 Å². The topological polar surface area (TPSA) is 62.3 Å². The highest BCUT2D eigenvalue weighted by molar-refractivity contribution is 9.10. The number of benzene rings is 2. The first-order chi connectivity index (χ1) is 12.5. The van der Waals surface area contributed by atoms with Crippen LogP contribution in [0.5, 0.6) is 0 Å². The predicted octanol–water partition coefficient (Wildman–Crippen LogP) is 4.36. The summed E-state index contributed by atoms with van der Waals surface area (Å²) < 4.78 is 1.89. The molecule has 132 valence electrons. The Morgan fingerprint density at radius 1 is 1.31 bits per heavy atom. The molecule has 26 heavy (non-hydrogen) atoms. The third-order valence-electron chi connectivity index (χ3n) is 4.40. The summed E-state index contributed by atoms with van der Waals surface area (Å²) in [4.78, 5) is 31.1. The molecule has 0 saturated carbocycles. The van der Waals surface area contributed by atoms with Gasteiger partial charge in [0.15, 0.2) is 0 Å². The van der Waals surface area contributed by atoms with Crippen LogP contribution in [-0.4, -0.2) is 23.3 Å². The molecule has 1 saturated heterocycles. The number of amides is 2. The van der Waals surface area contributed by atoms with Crippen molar-refractivity contribution in [2.75, 3.05) is 16.8 Å². The van der Waals surface area contributed by atoms with Crippen LogP contribution in [0.15, 0.2) is 46.9 Å². The zero-order chi connectivity index (χ0) is 18.3. The minimum absolute atomic E-state index is 0.0365. The van der Waals surface area contributed by atoms with Crippen LogP contribution in [0.4, 0.5) is 11.4 Å². The molecular formula is C19H16BrN3O2S. The summed E-state index contributed by atoms with van der Waals surface area (Å²) in [5.41, 5.74) is 2.47. The Morgan fingerprint density at radius 3 is 2.92 bits per heavy atom. The van der Waals surface area contributed by atoms with Crippen LogP contribution in [0.2, 0.25) is 0 Å². The Hall–Kier alpha value is -2.25. The Kier molecular flexibility index (Phi) is 4.50. The maximum absolute atomic E-state index is 12.6. The number of para-hydroxylation sites is 1. The van der Waals surface area contributed by atoms with Crippen molar-refractivity contribution in [3.05, 3.63) is 51.9 Å². The average molecular weight is 430 g/mol. The maximum atomic E-state index is 12.6. The zero-order valence-electron chi connectivity index (χ0n) is 14.0. The van der Waals surface area contributed by atoms with Crippen LogP contribution in [0.3, 0.4) is 0 Å². The molecule has 2 heterocycles. The van der Waals surface area contributed by atoms with E-state index in [2.05, 4.69) is 26.2 Å². The number of hydrogen-bond donors (Lipinski definition) is 1. The summed E-state index contributed by atoms with van der Waals surface area (Å²) in [5, 5.41) is 3.94. The lowest BCUT2D eigenvalue weighted by molar-refractivity contribution is -0.122. The molecule has 2 amide bonds. The first kappa shape index (κ1) is 17.2. The lowest BCUT2D eigenvalue weighted by Gasteiger charge is -2.18. The molecule has 1 aliphatic heterocycles. The SMILES string of the molecule is Cc1nc2ccc(NC(=O)[C@H]3CC(=O)N(c4ccccc4Br)C3)cc2s1. The summed E-state index contributed by atoms with van der Waals surface area (Å²) in [6, 6.07) is 13.2. The van der Waals surface area contributed by atoms with Crippen LogP contribution in [0.25, 0.3) is 10.2 Å². The van der Waals surface area contributed by atoms with Gasteiger partial charge in [0.25, 0.3) is 0 Å². The summed E-state index contributed by atoms with van der Waals surface area (Å²) in [5.74, 6) is -0.535. The molecule has 1 aliphatic rings. The summed E-state index contributed by atoms with van der Waals surface area (Å²) >= 11 is 5.07. The van der Waals surface area contributed by atoms with E-state index in [1.54, 1.807) is 16.2 Å². The molecule has 0 spiro atoms. The number of thiazole rings is 1. The lowest BCUT2D eigenvalue weighted by atomic mass is 10.1. The van der Waals surface area contributed by atoms with E-state index in [-0.39, 0.29) is 24.2 Å². The molecule has 1 N–H and O–H groups in total. The number of fused-ring (bicyclic) bond motifs is 1. The minimum atomic E-state index is -0.367. The highest BCUT2D eigenvalue weighted by Crippen LogP contribution is 2.32. The fraction of sp³-hybridized carbons (Fsp3) is 0.211. The third-order valence-corrected chi connectivity index (χ3v) is 6.01. The van der Waals surface area contributed by atoms with Gasteiger partial charge in [0.2, 0.25) is 11.8 Å². The number of aryl methyl sites for hydroxylation is 1. The second kappa shape index (κ2) is 6.81. The monoisotopic (exact) mass is 429 g/mol. The van der Waals surface area contributed by atoms with Crippen molar-refractivity contribution in [1.82, 2.24) is 4.98 Å². The van der Waals surface area contributed by atoms with Crippen LogP contribution in [0.1, 0.15) is 11.4 Å². The van der Waals surface area contributed by atoms with E-state index < -0.39 is 0 Å². The highest BCUT2D eigenvalue weighted by Gasteiger charge is 2.35. The van der Waals surface area contributed by atoms with Crippen molar-refractivity contribution in [2.24, 2.45) is 5.92 Å². The molecule has 0 bridgehead atoms.